The van der Waals surface area contributed by atoms with Crippen LogP contribution in [-0.2, 0) is 0 Å². The number of hydrazine groups is 2. The molecule has 15 heavy (non-hydrogen) atoms. The van der Waals surface area contributed by atoms with Gasteiger partial charge in [-0.15, -0.1) is 0 Å². The van der Waals surface area contributed by atoms with Gasteiger partial charge in [0.05, 0.1) is 0 Å². The van der Waals surface area contributed by atoms with Gasteiger partial charge in [-0.1, -0.05) is 25.7 Å². The molecule has 0 aromatic rings. The minimum absolute atomic E-state index is 0.214. The molecule has 1 aliphatic carbocycles. The molecule has 0 aromatic heterocycles. The first-order valence-electron chi connectivity index (χ1n) is 6.39. The molecule has 3 heteroatoms. The minimum Gasteiger partial charge on any atom is -0.239 e. The van der Waals surface area contributed by atoms with Crippen LogP contribution in [0.2, 0.25) is 0 Å². The molecule has 1 heterocycles. The lowest BCUT2D eigenvalue weighted by Gasteiger charge is -2.37. The average molecular weight is 211 g/mol. The fraction of sp³-hybridized carbons (Fsp3) is 1.00. The third-order valence-electron chi connectivity index (χ3n) is 3.65. The van der Waals surface area contributed by atoms with Gasteiger partial charge < -0.3 is 0 Å². The van der Waals surface area contributed by atoms with Crippen molar-refractivity contribution in [2.24, 2.45) is 0 Å². The van der Waals surface area contributed by atoms with Crippen LogP contribution >= 0.6 is 0 Å². The number of hydrogen-bond donors (Lipinski definition) is 2. The summed E-state index contributed by atoms with van der Waals surface area (Å²) in [4.78, 5) is 0. The first-order valence-corrected chi connectivity index (χ1v) is 6.39. The Hall–Kier alpha value is -0.120. The summed E-state index contributed by atoms with van der Waals surface area (Å²) >= 11 is 0. The van der Waals surface area contributed by atoms with Crippen molar-refractivity contribution in [2.75, 3.05) is 0 Å². The van der Waals surface area contributed by atoms with E-state index in [1.165, 1.54) is 38.5 Å². The van der Waals surface area contributed by atoms with Gasteiger partial charge in [0.1, 0.15) is 0 Å². The molecule has 0 aromatic carbocycles. The lowest BCUT2D eigenvalue weighted by molar-refractivity contribution is 0.0533. The molecule has 1 aliphatic heterocycles. The monoisotopic (exact) mass is 211 g/mol. The van der Waals surface area contributed by atoms with Gasteiger partial charge in [0.25, 0.3) is 0 Å². The van der Waals surface area contributed by atoms with E-state index in [9.17, 15) is 0 Å². The summed E-state index contributed by atoms with van der Waals surface area (Å²) < 4.78 is 0. The van der Waals surface area contributed by atoms with Crippen LogP contribution in [0.25, 0.3) is 0 Å². The maximum atomic E-state index is 3.46. The van der Waals surface area contributed by atoms with Crippen LogP contribution in [0.5, 0.6) is 0 Å². The highest BCUT2D eigenvalue weighted by Crippen LogP contribution is 2.28. The van der Waals surface area contributed by atoms with Crippen molar-refractivity contribution in [3.63, 3.8) is 0 Å². The van der Waals surface area contributed by atoms with Crippen molar-refractivity contribution in [3.05, 3.63) is 0 Å². The molecule has 3 nitrogen and oxygen atoms in total. The SMILES string of the molecule is CC(C)(C)N1NNC2CCCCCCC21. The molecular formula is C12H25N3. The van der Waals surface area contributed by atoms with Crippen molar-refractivity contribution < 1.29 is 0 Å². The van der Waals surface area contributed by atoms with Gasteiger partial charge in [0, 0.05) is 17.6 Å². The van der Waals surface area contributed by atoms with E-state index in [1.54, 1.807) is 0 Å². The highest BCUT2D eigenvalue weighted by atomic mass is 15.8. The molecule has 2 rings (SSSR count). The molecule has 0 spiro atoms. The van der Waals surface area contributed by atoms with E-state index >= 15 is 0 Å². The smallest absolute Gasteiger partial charge is 0.0430 e. The topological polar surface area (TPSA) is 27.3 Å². The third-order valence-corrected chi connectivity index (χ3v) is 3.65. The minimum atomic E-state index is 0.214. The molecule has 1 saturated carbocycles. The fourth-order valence-corrected chi connectivity index (χ4v) is 2.84. The second-order valence-electron chi connectivity index (χ2n) is 5.96. The summed E-state index contributed by atoms with van der Waals surface area (Å²) in [6.45, 7) is 6.84. The second-order valence-corrected chi connectivity index (χ2v) is 5.96. The Kier molecular flexibility index (Phi) is 3.33. The number of hydrogen-bond acceptors (Lipinski definition) is 3. The molecule has 2 aliphatic rings. The largest absolute Gasteiger partial charge is 0.239 e. The molecule has 2 fully saturated rings. The van der Waals surface area contributed by atoms with E-state index in [1.807, 2.05) is 0 Å². The first kappa shape index (κ1) is 11.4. The molecule has 88 valence electrons. The van der Waals surface area contributed by atoms with Crippen LogP contribution in [0.1, 0.15) is 59.3 Å². The molecule has 2 unspecified atom stereocenters. The number of rotatable bonds is 0. The lowest BCUT2D eigenvalue weighted by Crippen LogP contribution is -2.52. The average Bonchev–Trinajstić information content (AvgIpc) is 2.46. The Balaban J connectivity index is 2.04. The Morgan fingerprint density at radius 2 is 1.67 bits per heavy atom. The summed E-state index contributed by atoms with van der Waals surface area (Å²) in [7, 11) is 0. The van der Waals surface area contributed by atoms with E-state index in [4.69, 9.17) is 0 Å². The molecule has 2 atom stereocenters. The van der Waals surface area contributed by atoms with Crippen molar-refractivity contribution in [3.8, 4) is 0 Å². The van der Waals surface area contributed by atoms with Crippen molar-refractivity contribution >= 4 is 0 Å². The standard InChI is InChI=1S/C12H25N3/c1-12(2,3)15-11-9-7-5-4-6-8-10(11)13-14-15/h10-11,13-14H,4-9H2,1-3H3. The normalized spacial score (nSPS) is 34.6. The van der Waals surface area contributed by atoms with Gasteiger partial charge in [-0.25, -0.2) is 10.4 Å². The summed E-state index contributed by atoms with van der Waals surface area (Å²) in [6, 6.07) is 1.34. The van der Waals surface area contributed by atoms with Gasteiger partial charge in [-0.3, -0.25) is 0 Å². The maximum absolute atomic E-state index is 3.46. The van der Waals surface area contributed by atoms with Crippen LogP contribution in [0.4, 0.5) is 0 Å². The van der Waals surface area contributed by atoms with Crippen molar-refractivity contribution in [1.82, 2.24) is 16.0 Å². The molecule has 0 bridgehead atoms. The van der Waals surface area contributed by atoms with Crippen LogP contribution in [0.15, 0.2) is 0 Å². The number of nitrogens with zero attached hydrogens (tertiary/aromatic N) is 1. The van der Waals surface area contributed by atoms with Gasteiger partial charge in [-0.2, -0.15) is 5.53 Å². The molecule has 2 N–H and O–H groups in total. The summed E-state index contributed by atoms with van der Waals surface area (Å²) in [5, 5.41) is 2.42. The van der Waals surface area contributed by atoms with Crippen LogP contribution < -0.4 is 11.0 Å². The fourth-order valence-electron chi connectivity index (χ4n) is 2.84. The summed E-state index contributed by atoms with van der Waals surface area (Å²) in [5.74, 6) is 0. The maximum Gasteiger partial charge on any atom is 0.0430 e. The zero-order valence-corrected chi connectivity index (χ0v) is 10.3. The third kappa shape index (κ3) is 2.52. The highest BCUT2D eigenvalue weighted by molar-refractivity contribution is 4.92. The predicted molar refractivity (Wildman–Crippen MR) is 63.1 cm³/mol. The van der Waals surface area contributed by atoms with Crippen LogP contribution in [0, 0.1) is 0 Å². The quantitative estimate of drug-likeness (QED) is 0.643. The van der Waals surface area contributed by atoms with E-state index in [-0.39, 0.29) is 5.54 Å². The molecular weight excluding hydrogens is 186 g/mol. The predicted octanol–water partition coefficient (Wildman–Crippen LogP) is 2.20. The Morgan fingerprint density at radius 1 is 1.00 bits per heavy atom. The summed E-state index contributed by atoms with van der Waals surface area (Å²) in [6.07, 6.45) is 8.26. The zero-order chi connectivity index (χ0) is 10.9. The zero-order valence-electron chi connectivity index (χ0n) is 10.3. The van der Waals surface area contributed by atoms with Crippen molar-refractivity contribution in [1.29, 1.82) is 0 Å². The lowest BCUT2D eigenvalue weighted by atomic mass is 9.91. The van der Waals surface area contributed by atoms with Crippen LogP contribution in [0.3, 0.4) is 0 Å². The van der Waals surface area contributed by atoms with Gasteiger partial charge in [0.2, 0.25) is 0 Å². The van der Waals surface area contributed by atoms with Gasteiger partial charge >= 0.3 is 0 Å². The second kappa shape index (κ2) is 4.40. The van der Waals surface area contributed by atoms with Gasteiger partial charge in [-0.05, 0) is 33.6 Å². The van der Waals surface area contributed by atoms with Crippen molar-refractivity contribution in [2.45, 2.75) is 76.9 Å². The van der Waals surface area contributed by atoms with E-state index in [2.05, 4.69) is 36.7 Å². The highest BCUT2D eigenvalue weighted by Gasteiger charge is 2.39. The summed E-state index contributed by atoms with van der Waals surface area (Å²) in [5.41, 5.74) is 7.05. The number of fused-ring (bicyclic) bond motifs is 1. The van der Waals surface area contributed by atoms with Gasteiger partial charge in [0.15, 0.2) is 0 Å². The van der Waals surface area contributed by atoms with E-state index in [0.29, 0.717) is 12.1 Å². The Labute approximate surface area is 93.5 Å². The van der Waals surface area contributed by atoms with Crippen LogP contribution in [-0.4, -0.2) is 22.6 Å². The molecule has 0 radical (unpaired) electrons. The molecule has 1 saturated heterocycles. The Morgan fingerprint density at radius 3 is 2.33 bits per heavy atom. The molecule has 0 amide bonds. The number of nitrogens with one attached hydrogen (secondary N) is 2. The van der Waals surface area contributed by atoms with E-state index < -0.39 is 0 Å². The Bertz CT molecular complexity index is 209. The van der Waals surface area contributed by atoms with E-state index in [0.717, 1.165) is 0 Å². The first-order chi connectivity index (χ1) is 7.09.